The minimum atomic E-state index is -1.22. The van der Waals surface area contributed by atoms with Crippen LogP contribution in [-0.2, 0) is 16.0 Å². The highest BCUT2D eigenvalue weighted by Gasteiger charge is 2.46. The number of primary amides is 1. The Balaban J connectivity index is 1.78. The normalized spacial score (nSPS) is 22.8. The number of hydrogen-bond acceptors (Lipinski definition) is 6. The van der Waals surface area contributed by atoms with Gasteiger partial charge >= 0.3 is 0 Å². The molecule has 7 heteroatoms. The molecule has 3 atom stereocenters. The van der Waals surface area contributed by atoms with Gasteiger partial charge in [-0.3, -0.25) is 4.79 Å². The SMILES string of the molecule is COc1cc(-c2ccc(CC(C#N)C3COCCC3(N)C(N)=O)cc2)ccn1. The largest absolute Gasteiger partial charge is 0.481 e. The van der Waals surface area contributed by atoms with Crippen molar-refractivity contribution in [3.63, 3.8) is 0 Å². The summed E-state index contributed by atoms with van der Waals surface area (Å²) in [7, 11) is 1.58. The van der Waals surface area contributed by atoms with Crippen molar-refractivity contribution in [2.75, 3.05) is 20.3 Å². The van der Waals surface area contributed by atoms with Crippen molar-refractivity contribution in [3.8, 4) is 23.1 Å². The van der Waals surface area contributed by atoms with E-state index in [1.54, 1.807) is 13.3 Å². The minimum absolute atomic E-state index is 0.257. The van der Waals surface area contributed by atoms with Crippen molar-refractivity contribution in [2.45, 2.75) is 18.4 Å². The molecule has 1 amide bonds. The van der Waals surface area contributed by atoms with Crippen LogP contribution < -0.4 is 16.2 Å². The van der Waals surface area contributed by atoms with Gasteiger partial charge in [0.1, 0.15) is 5.54 Å². The van der Waals surface area contributed by atoms with Crippen LogP contribution in [0, 0.1) is 23.2 Å². The van der Waals surface area contributed by atoms with Gasteiger partial charge in [-0.1, -0.05) is 24.3 Å². The fraction of sp³-hybridized carbons (Fsp3) is 0.381. The molecule has 2 heterocycles. The van der Waals surface area contributed by atoms with Crippen LogP contribution >= 0.6 is 0 Å². The number of carbonyl (C=O) groups is 1. The zero-order valence-electron chi connectivity index (χ0n) is 15.8. The zero-order valence-corrected chi connectivity index (χ0v) is 15.8. The Morgan fingerprint density at radius 2 is 2.14 bits per heavy atom. The van der Waals surface area contributed by atoms with Crippen LogP contribution in [0.5, 0.6) is 5.88 Å². The number of amides is 1. The molecule has 28 heavy (non-hydrogen) atoms. The van der Waals surface area contributed by atoms with Crippen molar-refractivity contribution < 1.29 is 14.3 Å². The molecule has 0 spiro atoms. The van der Waals surface area contributed by atoms with Gasteiger partial charge in [-0.25, -0.2) is 4.98 Å². The second-order valence-corrected chi connectivity index (χ2v) is 7.06. The average Bonchev–Trinajstić information content (AvgIpc) is 2.73. The van der Waals surface area contributed by atoms with E-state index in [1.807, 2.05) is 36.4 Å². The highest BCUT2D eigenvalue weighted by molar-refractivity contribution is 5.85. The average molecular weight is 380 g/mol. The Kier molecular flexibility index (Phi) is 5.93. The first-order valence-electron chi connectivity index (χ1n) is 9.13. The predicted molar refractivity (Wildman–Crippen MR) is 104 cm³/mol. The third-order valence-corrected chi connectivity index (χ3v) is 5.42. The van der Waals surface area contributed by atoms with Crippen LogP contribution in [0.15, 0.2) is 42.6 Å². The summed E-state index contributed by atoms with van der Waals surface area (Å²) >= 11 is 0. The van der Waals surface area contributed by atoms with Crippen LogP contribution in [0.25, 0.3) is 11.1 Å². The lowest BCUT2D eigenvalue weighted by Crippen LogP contribution is -2.63. The van der Waals surface area contributed by atoms with Crippen LogP contribution in [0.4, 0.5) is 0 Å². The van der Waals surface area contributed by atoms with Gasteiger partial charge in [0.2, 0.25) is 11.8 Å². The fourth-order valence-electron chi connectivity index (χ4n) is 3.63. The van der Waals surface area contributed by atoms with Crippen LogP contribution in [0.2, 0.25) is 0 Å². The van der Waals surface area contributed by atoms with E-state index in [4.69, 9.17) is 20.9 Å². The summed E-state index contributed by atoms with van der Waals surface area (Å²) < 4.78 is 10.7. The molecule has 0 bridgehead atoms. The van der Waals surface area contributed by atoms with Gasteiger partial charge in [-0.05, 0) is 35.6 Å². The lowest BCUT2D eigenvalue weighted by Gasteiger charge is -2.40. The monoisotopic (exact) mass is 380 g/mol. The van der Waals surface area contributed by atoms with Crippen molar-refractivity contribution in [1.82, 2.24) is 4.98 Å². The maximum atomic E-state index is 11.9. The van der Waals surface area contributed by atoms with Crippen molar-refractivity contribution in [1.29, 1.82) is 5.26 Å². The lowest BCUT2D eigenvalue weighted by molar-refractivity contribution is -0.131. The number of rotatable bonds is 6. The van der Waals surface area contributed by atoms with Crippen molar-refractivity contribution >= 4 is 5.91 Å². The number of methoxy groups -OCH3 is 1. The summed E-state index contributed by atoms with van der Waals surface area (Å²) in [4.78, 5) is 16.0. The summed E-state index contributed by atoms with van der Waals surface area (Å²) in [5.74, 6) is -0.935. The molecule has 1 fully saturated rings. The lowest BCUT2D eigenvalue weighted by atomic mass is 9.71. The number of nitrogens with two attached hydrogens (primary N) is 2. The third-order valence-electron chi connectivity index (χ3n) is 5.42. The second-order valence-electron chi connectivity index (χ2n) is 7.06. The maximum Gasteiger partial charge on any atom is 0.238 e. The summed E-state index contributed by atoms with van der Waals surface area (Å²) in [5.41, 5.74) is 13.6. The molecule has 1 aromatic heterocycles. The summed E-state index contributed by atoms with van der Waals surface area (Å²) in [6.45, 7) is 0.630. The van der Waals surface area contributed by atoms with Crippen molar-refractivity contribution in [2.24, 2.45) is 23.3 Å². The van der Waals surface area contributed by atoms with Crippen LogP contribution in [-0.4, -0.2) is 36.8 Å². The van der Waals surface area contributed by atoms with Crippen molar-refractivity contribution in [3.05, 3.63) is 48.2 Å². The Morgan fingerprint density at radius 3 is 2.79 bits per heavy atom. The molecule has 2 aromatic rings. The van der Waals surface area contributed by atoms with E-state index in [-0.39, 0.29) is 6.61 Å². The fourth-order valence-corrected chi connectivity index (χ4v) is 3.63. The number of nitrogens with zero attached hydrogens (tertiary/aromatic N) is 2. The first-order chi connectivity index (χ1) is 13.5. The number of aromatic nitrogens is 1. The summed E-state index contributed by atoms with van der Waals surface area (Å²) in [5, 5.41) is 9.71. The van der Waals surface area contributed by atoms with E-state index in [1.165, 1.54) is 0 Å². The topological polar surface area (TPSA) is 124 Å². The standard InChI is InChI=1S/C21H24N4O3/c1-27-19-11-16(6-8-25-19)15-4-2-14(3-5-15)10-17(12-22)18-13-28-9-7-21(18,24)20(23)26/h2-6,8,11,17-18H,7,9-10,13,24H2,1H3,(H2,23,26). The first kappa shape index (κ1) is 19.8. The number of ether oxygens (including phenoxy) is 2. The molecule has 1 saturated heterocycles. The van der Waals surface area contributed by atoms with Gasteiger partial charge in [-0.15, -0.1) is 0 Å². The predicted octanol–water partition coefficient (Wildman–Crippen LogP) is 1.66. The van der Waals surface area contributed by atoms with Gasteiger partial charge in [0.05, 0.1) is 25.7 Å². The van der Waals surface area contributed by atoms with E-state index >= 15 is 0 Å². The van der Waals surface area contributed by atoms with Gasteiger partial charge in [0.15, 0.2) is 0 Å². The molecule has 0 radical (unpaired) electrons. The minimum Gasteiger partial charge on any atom is -0.481 e. The molecular weight excluding hydrogens is 356 g/mol. The molecule has 146 valence electrons. The Hall–Kier alpha value is -2.95. The van der Waals surface area contributed by atoms with E-state index in [0.717, 1.165) is 16.7 Å². The van der Waals surface area contributed by atoms with Crippen LogP contribution in [0.3, 0.4) is 0 Å². The Labute approximate surface area is 164 Å². The molecule has 3 rings (SSSR count). The third kappa shape index (κ3) is 3.98. The molecule has 3 unspecified atom stereocenters. The smallest absolute Gasteiger partial charge is 0.238 e. The molecule has 1 aromatic carbocycles. The van der Waals surface area contributed by atoms with Crippen LogP contribution in [0.1, 0.15) is 12.0 Å². The summed E-state index contributed by atoms with van der Waals surface area (Å²) in [6.07, 6.45) is 2.49. The Morgan fingerprint density at radius 1 is 1.39 bits per heavy atom. The highest BCUT2D eigenvalue weighted by Crippen LogP contribution is 2.32. The quantitative estimate of drug-likeness (QED) is 0.785. The molecule has 4 N–H and O–H groups in total. The van der Waals surface area contributed by atoms with Gasteiger partial charge in [0.25, 0.3) is 0 Å². The van der Waals surface area contributed by atoms with Gasteiger partial charge in [0, 0.05) is 24.8 Å². The molecule has 0 aliphatic carbocycles. The Bertz CT molecular complexity index is 878. The molecule has 7 nitrogen and oxygen atoms in total. The number of benzene rings is 1. The van der Waals surface area contributed by atoms with E-state index in [2.05, 4.69) is 11.1 Å². The zero-order chi connectivity index (χ0) is 20.1. The molecule has 0 saturated carbocycles. The maximum absolute atomic E-state index is 11.9. The first-order valence-corrected chi connectivity index (χ1v) is 9.13. The number of hydrogen-bond donors (Lipinski definition) is 2. The number of nitriles is 1. The molecule has 1 aliphatic heterocycles. The van der Waals surface area contributed by atoms with Gasteiger partial charge < -0.3 is 20.9 Å². The van der Waals surface area contributed by atoms with E-state index in [9.17, 15) is 10.1 Å². The molecule has 1 aliphatic rings. The highest BCUT2D eigenvalue weighted by atomic mass is 16.5. The number of pyridine rings is 1. The molecular formula is C21H24N4O3. The number of carbonyl (C=O) groups excluding carboxylic acids is 1. The summed E-state index contributed by atoms with van der Waals surface area (Å²) in [6, 6.07) is 14.0. The van der Waals surface area contributed by atoms with E-state index < -0.39 is 23.3 Å². The second kappa shape index (κ2) is 8.38. The van der Waals surface area contributed by atoms with Gasteiger partial charge in [-0.2, -0.15) is 5.26 Å². The van der Waals surface area contributed by atoms with E-state index in [0.29, 0.717) is 25.3 Å².